The highest BCUT2D eigenvalue weighted by atomic mass is 19.1. The second-order valence-electron chi connectivity index (χ2n) is 6.68. The molecular weight excluding hydrogens is 365 g/mol. The predicted octanol–water partition coefficient (Wildman–Crippen LogP) is 2.65. The molecule has 1 fully saturated rings. The minimum Gasteiger partial charge on any atom is -0.493 e. The summed E-state index contributed by atoms with van der Waals surface area (Å²) in [6.07, 6.45) is 4.94. The van der Waals surface area contributed by atoms with Crippen LogP contribution in [0.25, 0.3) is 5.65 Å². The van der Waals surface area contributed by atoms with E-state index in [2.05, 4.69) is 15.0 Å². The third-order valence-electron chi connectivity index (χ3n) is 4.83. The smallest absolute Gasteiger partial charge is 0.306 e. The summed E-state index contributed by atoms with van der Waals surface area (Å²) in [5.74, 6) is -0.0922. The second kappa shape index (κ2) is 7.34. The Morgan fingerprint density at radius 3 is 3.07 bits per heavy atom. The summed E-state index contributed by atoms with van der Waals surface area (Å²) in [7, 11) is 0. The number of carboxylic acid groups (broad SMARTS) is 1. The molecule has 2 aromatic heterocycles. The van der Waals surface area contributed by atoms with Crippen molar-refractivity contribution in [3.63, 3.8) is 0 Å². The van der Waals surface area contributed by atoms with Crippen LogP contribution in [0.5, 0.6) is 5.75 Å². The number of hydrogen-bond acceptors (Lipinski definition) is 6. The van der Waals surface area contributed by atoms with Gasteiger partial charge in [-0.2, -0.15) is 5.10 Å². The first-order chi connectivity index (χ1) is 13.5. The van der Waals surface area contributed by atoms with Crippen LogP contribution in [-0.4, -0.2) is 38.8 Å². The van der Waals surface area contributed by atoms with Crippen LogP contribution < -0.4 is 15.4 Å². The molecule has 1 aromatic carbocycles. The van der Waals surface area contributed by atoms with Crippen LogP contribution >= 0.6 is 0 Å². The molecule has 3 N–H and O–H groups in total. The molecule has 1 aliphatic heterocycles. The van der Waals surface area contributed by atoms with Gasteiger partial charge in [0.15, 0.2) is 5.65 Å². The molecule has 146 valence electrons. The van der Waals surface area contributed by atoms with Gasteiger partial charge in [-0.15, -0.1) is 0 Å². The molecule has 1 atom stereocenters. The molecule has 28 heavy (non-hydrogen) atoms. The number of fused-ring (bicyclic) bond motifs is 1. The van der Waals surface area contributed by atoms with Crippen LogP contribution in [0.3, 0.4) is 0 Å². The maximum Gasteiger partial charge on any atom is 0.306 e. The summed E-state index contributed by atoms with van der Waals surface area (Å²) < 4.78 is 21.2. The SMILES string of the molecule is Nc1cnn2ccc(N3CCCC3c3cc(F)ccc3OCCC(=O)O)nc12. The first-order valence-corrected chi connectivity index (χ1v) is 9.03. The quantitative estimate of drug-likeness (QED) is 0.672. The van der Waals surface area contributed by atoms with Crippen molar-refractivity contribution >= 4 is 23.1 Å². The number of nitrogen functional groups attached to an aromatic ring is 1. The lowest BCUT2D eigenvalue weighted by atomic mass is 10.0. The van der Waals surface area contributed by atoms with Gasteiger partial charge in [0.1, 0.15) is 17.4 Å². The molecule has 0 bridgehead atoms. The first-order valence-electron chi connectivity index (χ1n) is 9.03. The Morgan fingerprint density at radius 2 is 2.25 bits per heavy atom. The van der Waals surface area contributed by atoms with E-state index in [1.165, 1.54) is 12.1 Å². The molecule has 1 saturated heterocycles. The highest BCUT2D eigenvalue weighted by Gasteiger charge is 2.30. The van der Waals surface area contributed by atoms with Gasteiger partial charge in [0.2, 0.25) is 0 Å². The van der Waals surface area contributed by atoms with E-state index in [0.29, 0.717) is 22.6 Å². The number of ether oxygens (including phenoxy) is 1. The molecule has 0 radical (unpaired) electrons. The van der Waals surface area contributed by atoms with E-state index >= 15 is 0 Å². The number of nitrogens with zero attached hydrogens (tertiary/aromatic N) is 4. The Hall–Kier alpha value is -3.36. The zero-order valence-corrected chi connectivity index (χ0v) is 15.1. The van der Waals surface area contributed by atoms with Gasteiger partial charge in [-0.05, 0) is 37.1 Å². The van der Waals surface area contributed by atoms with Crippen molar-refractivity contribution in [2.24, 2.45) is 0 Å². The monoisotopic (exact) mass is 385 g/mol. The molecule has 0 spiro atoms. The summed E-state index contributed by atoms with van der Waals surface area (Å²) in [5.41, 5.74) is 7.67. The Labute approximate surface area is 160 Å². The molecule has 3 aromatic rings. The van der Waals surface area contributed by atoms with E-state index in [1.807, 2.05) is 6.07 Å². The average molecular weight is 385 g/mol. The highest BCUT2D eigenvalue weighted by Crippen LogP contribution is 2.40. The summed E-state index contributed by atoms with van der Waals surface area (Å²) in [4.78, 5) is 17.5. The molecule has 1 unspecified atom stereocenters. The minimum atomic E-state index is -0.943. The molecule has 3 heterocycles. The predicted molar refractivity (Wildman–Crippen MR) is 101 cm³/mol. The standard InChI is InChI=1S/C19H20FN5O3/c20-12-3-4-16(28-9-6-18(26)27)13(10-12)15-2-1-7-24(15)17-5-8-25-19(23-17)14(21)11-22-25/h3-5,8,10-11,15H,1-2,6-7,9,21H2,(H,26,27). The fraction of sp³-hybridized carbons (Fsp3) is 0.316. The fourth-order valence-electron chi connectivity index (χ4n) is 3.56. The topological polar surface area (TPSA) is 106 Å². The molecule has 0 amide bonds. The summed E-state index contributed by atoms with van der Waals surface area (Å²) >= 11 is 0. The summed E-state index contributed by atoms with van der Waals surface area (Å²) in [5, 5.41) is 13.0. The number of carboxylic acids is 1. The van der Waals surface area contributed by atoms with E-state index in [0.717, 1.165) is 25.2 Å². The van der Waals surface area contributed by atoms with Crippen LogP contribution in [0.1, 0.15) is 30.9 Å². The number of nitrogens with two attached hydrogens (primary N) is 1. The van der Waals surface area contributed by atoms with E-state index in [1.54, 1.807) is 23.0 Å². The fourth-order valence-corrected chi connectivity index (χ4v) is 3.56. The maximum atomic E-state index is 14.0. The average Bonchev–Trinajstić information content (AvgIpc) is 3.29. The number of aromatic nitrogens is 3. The van der Waals surface area contributed by atoms with Crippen LogP contribution in [-0.2, 0) is 4.79 Å². The summed E-state index contributed by atoms with van der Waals surface area (Å²) in [6.45, 7) is 0.782. The minimum absolute atomic E-state index is 0.0251. The molecule has 0 aliphatic carbocycles. The zero-order chi connectivity index (χ0) is 19.7. The summed E-state index contributed by atoms with van der Waals surface area (Å²) in [6, 6.07) is 6.03. The van der Waals surface area contributed by atoms with Gasteiger partial charge in [0, 0.05) is 18.3 Å². The Morgan fingerprint density at radius 1 is 1.39 bits per heavy atom. The van der Waals surface area contributed by atoms with Gasteiger partial charge < -0.3 is 20.5 Å². The molecular formula is C19H20FN5O3. The Kier molecular flexibility index (Phi) is 4.72. The van der Waals surface area contributed by atoms with Crippen molar-refractivity contribution in [1.82, 2.24) is 14.6 Å². The van der Waals surface area contributed by atoms with E-state index in [4.69, 9.17) is 15.6 Å². The second-order valence-corrected chi connectivity index (χ2v) is 6.68. The van der Waals surface area contributed by atoms with Crippen LogP contribution in [0, 0.1) is 5.82 Å². The zero-order valence-electron chi connectivity index (χ0n) is 15.1. The first kappa shape index (κ1) is 18.0. The molecule has 0 saturated carbocycles. The van der Waals surface area contributed by atoms with Crippen molar-refractivity contribution in [2.45, 2.75) is 25.3 Å². The van der Waals surface area contributed by atoms with Crippen molar-refractivity contribution in [3.8, 4) is 5.75 Å². The number of aliphatic carboxylic acids is 1. The highest BCUT2D eigenvalue weighted by molar-refractivity contribution is 5.67. The lowest BCUT2D eigenvalue weighted by molar-refractivity contribution is -0.137. The normalized spacial score (nSPS) is 16.6. The van der Waals surface area contributed by atoms with Gasteiger partial charge >= 0.3 is 5.97 Å². The largest absolute Gasteiger partial charge is 0.493 e. The Bertz CT molecular complexity index is 1020. The van der Waals surface area contributed by atoms with Crippen LogP contribution in [0.2, 0.25) is 0 Å². The van der Waals surface area contributed by atoms with Crippen molar-refractivity contribution in [2.75, 3.05) is 23.8 Å². The lowest BCUT2D eigenvalue weighted by Gasteiger charge is -2.27. The molecule has 1 aliphatic rings. The van der Waals surface area contributed by atoms with E-state index in [-0.39, 0.29) is 24.9 Å². The number of anilines is 2. The van der Waals surface area contributed by atoms with Crippen LogP contribution in [0.15, 0.2) is 36.7 Å². The molecule has 9 heteroatoms. The third-order valence-corrected chi connectivity index (χ3v) is 4.83. The Balaban J connectivity index is 1.66. The molecule has 8 nitrogen and oxygen atoms in total. The van der Waals surface area contributed by atoms with Gasteiger partial charge in [-0.3, -0.25) is 4.79 Å². The number of rotatable bonds is 6. The van der Waals surface area contributed by atoms with Gasteiger partial charge in [-0.25, -0.2) is 13.9 Å². The number of halogens is 1. The number of carbonyl (C=O) groups is 1. The lowest BCUT2D eigenvalue weighted by Crippen LogP contribution is -2.24. The number of hydrogen-bond donors (Lipinski definition) is 2. The maximum absolute atomic E-state index is 14.0. The van der Waals surface area contributed by atoms with Crippen molar-refractivity contribution < 1.29 is 19.0 Å². The van der Waals surface area contributed by atoms with Gasteiger partial charge in [0.25, 0.3) is 0 Å². The van der Waals surface area contributed by atoms with Gasteiger partial charge in [0.05, 0.1) is 31.0 Å². The number of benzene rings is 1. The van der Waals surface area contributed by atoms with Crippen molar-refractivity contribution in [3.05, 3.63) is 48.0 Å². The van der Waals surface area contributed by atoms with E-state index in [9.17, 15) is 9.18 Å². The van der Waals surface area contributed by atoms with Crippen LogP contribution in [0.4, 0.5) is 15.9 Å². The third kappa shape index (κ3) is 3.42. The van der Waals surface area contributed by atoms with Crippen molar-refractivity contribution in [1.29, 1.82) is 0 Å². The molecule has 4 rings (SSSR count). The van der Waals surface area contributed by atoms with Gasteiger partial charge in [-0.1, -0.05) is 0 Å². The van der Waals surface area contributed by atoms with E-state index < -0.39 is 5.97 Å².